The number of alkyl halides is 3. The SMILES string of the molecule is Oc1c(-c2ccccc2F)cccc1C(F)(F)F. The maximum atomic E-state index is 13.5. The number of hydrogen-bond acceptors (Lipinski definition) is 1. The summed E-state index contributed by atoms with van der Waals surface area (Å²) in [6.07, 6.45) is -4.68. The molecule has 2 aromatic carbocycles. The summed E-state index contributed by atoms with van der Waals surface area (Å²) in [6.45, 7) is 0. The average molecular weight is 256 g/mol. The molecular weight excluding hydrogens is 248 g/mol. The molecule has 0 radical (unpaired) electrons. The van der Waals surface area contributed by atoms with Crippen molar-refractivity contribution in [3.63, 3.8) is 0 Å². The Morgan fingerprint density at radius 2 is 1.44 bits per heavy atom. The third kappa shape index (κ3) is 2.16. The highest BCUT2D eigenvalue weighted by Gasteiger charge is 2.34. The van der Waals surface area contributed by atoms with Crippen molar-refractivity contribution in [1.82, 2.24) is 0 Å². The molecule has 1 nitrogen and oxygen atoms in total. The third-order valence-electron chi connectivity index (χ3n) is 2.51. The zero-order chi connectivity index (χ0) is 13.3. The van der Waals surface area contributed by atoms with Crippen molar-refractivity contribution in [2.24, 2.45) is 0 Å². The van der Waals surface area contributed by atoms with Gasteiger partial charge in [-0.15, -0.1) is 0 Å². The van der Waals surface area contributed by atoms with Crippen LogP contribution in [0.1, 0.15) is 5.56 Å². The number of benzene rings is 2. The molecule has 0 aliphatic heterocycles. The molecule has 18 heavy (non-hydrogen) atoms. The van der Waals surface area contributed by atoms with Crippen molar-refractivity contribution >= 4 is 0 Å². The molecule has 0 aromatic heterocycles. The maximum Gasteiger partial charge on any atom is 0.419 e. The molecule has 94 valence electrons. The second kappa shape index (κ2) is 4.33. The van der Waals surface area contributed by atoms with E-state index >= 15 is 0 Å². The van der Waals surface area contributed by atoms with Gasteiger partial charge in [-0.05, 0) is 12.1 Å². The molecule has 0 saturated carbocycles. The smallest absolute Gasteiger partial charge is 0.419 e. The van der Waals surface area contributed by atoms with Gasteiger partial charge in [-0.25, -0.2) is 4.39 Å². The average Bonchev–Trinajstić information content (AvgIpc) is 2.29. The Hall–Kier alpha value is -2.04. The molecule has 2 aromatic rings. The summed E-state index contributed by atoms with van der Waals surface area (Å²) in [4.78, 5) is 0. The summed E-state index contributed by atoms with van der Waals surface area (Å²) < 4.78 is 51.3. The first-order chi connectivity index (χ1) is 8.41. The Bertz CT molecular complexity index is 575. The molecule has 0 atom stereocenters. The lowest BCUT2D eigenvalue weighted by molar-refractivity contribution is -0.138. The number of hydrogen-bond donors (Lipinski definition) is 1. The molecule has 0 fully saturated rings. The van der Waals surface area contributed by atoms with Crippen molar-refractivity contribution in [2.45, 2.75) is 6.18 Å². The maximum absolute atomic E-state index is 13.5. The van der Waals surface area contributed by atoms with E-state index in [1.807, 2.05) is 0 Å². The monoisotopic (exact) mass is 256 g/mol. The molecule has 0 bridgehead atoms. The molecule has 2 rings (SSSR count). The number of rotatable bonds is 1. The van der Waals surface area contributed by atoms with Crippen LogP contribution in [0.4, 0.5) is 17.6 Å². The van der Waals surface area contributed by atoms with Gasteiger partial charge in [-0.2, -0.15) is 13.2 Å². The first kappa shape index (κ1) is 12.4. The van der Waals surface area contributed by atoms with Crippen LogP contribution in [0, 0.1) is 5.82 Å². The van der Waals surface area contributed by atoms with Gasteiger partial charge in [0.05, 0.1) is 5.56 Å². The summed E-state index contributed by atoms with van der Waals surface area (Å²) in [5.41, 5.74) is -1.42. The molecule has 0 saturated heterocycles. The second-order valence-corrected chi connectivity index (χ2v) is 3.68. The molecule has 0 unspecified atom stereocenters. The zero-order valence-corrected chi connectivity index (χ0v) is 9.00. The summed E-state index contributed by atoms with van der Waals surface area (Å²) in [6, 6.07) is 8.45. The van der Waals surface area contributed by atoms with E-state index in [9.17, 15) is 22.7 Å². The fourth-order valence-corrected chi connectivity index (χ4v) is 1.67. The van der Waals surface area contributed by atoms with Crippen LogP contribution >= 0.6 is 0 Å². The van der Waals surface area contributed by atoms with E-state index in [1.165, 1.54) is 24.3 Å². The van der Waals surface area contributed by atoms with Crippen LogP contribution in [0.25, 0.3) is 11.1 Å². The highest BCUT2D eigenvalue weighted by atomic mass is 19.4. The first-order valence-corrected chi connectivity index (χ1v) is 5.05. The number of para-hydroxylation sites is 1. The van der Waals surface area contributed by atoms with Gasteiger partial charge in [-0.1, -0.05) is 30.3 Å². The van der Waals surface area contributed by atoms with Crippen molar-refractivity contribution in [3.05, 3.63) is 53.8 Å². The Labute approximate surface area is 100 Å². The Morgan fingerprint density at radius 3 is 2.06 bits per heavy atom. The fourth-order valence-electron chi connectivity index (χ4n) is 1.67. The van der Waals surface area contributed by atoms with Gasteiger partial charge in [0.25, 0.3) is 0 Å². The van der Waals surface area contributed by atoms with Gasteiger partial charge in [-0.3, -0.25) is 0 Å². The summed E-state index contributed by atoms with van der Waals surface area (Å²) in [5, 5.41) is 9.62. The van der Waals surface area contributed by atoms with E-state index in [0.717, 1.165) is 18.2 Å². The Morgan fingerprint density at radius 1 is 0.833 bits per heavy atom. The first-order valence-electron chi connectivity index (χ1n) is 5.05. The minimum atomic E-state index is -4.68. The largest absolute Gasteiger partial charge is 0.507 e. The van der Waals surface area contributed by atoms with E-state index < -0.39 is 23.3 Å². The zero-order valence-electron chi connectivity index (χ0n) is 9.00. The van der Waals surface area contributed by atoms with Crippen LogP contribution in [0.2, 0.25) is 0 Å². The van der Waals surface area contributed by atoms with Crippen molar-refractivity contribution < 1.29 is 22.7 Å². The van der Waals surface area contributed by atoms with E-state index in [2.05, 4.69) is 0 Å². The molecule has 0 amide bonds. The highest BCUT2D eigenvalue weighted by molar-refractivity contribution is 5.72. The van der Waals surface area contributed by atoms with Gasteiger partial charge in [0.15, 0.2) is 0 Å². The van der Waals surface area contributed by atoms with E-state index in [1.54, 1.807) is 0 Å². The van der Waals surface area contributed by atoms with E-state index in [0.29, 0.717) is 0 Å². The van der Waals surface area contributed by atoms with Crippen LogP contribution in [-0.4, -0.2) is 5.11 Å². The minimum Gasteiger partial charge on any atom is -0.507 e. The number of phenolic OH excluding ortho intramolecular Hbond substituents is 1. The normalized spacial score (nSPS) is 11.6. The lowest BCUT2D eigenvalue weighted by Gasteiger charge is -2.12. The minimum absolute atomic E-state index is 0.0684. The molecule has 0 heterocycles. The summed E-state index contributed by atoms with van der Waals surface area (Å²) in [7, 11) is 0. The van der Waals surface area contributed by atoms with Crippen LogP contribution in [0.5, 0.6) is 5.75 Å². The predicted molar refractivity (Wildman–Crippen MR) is 58.5 cm³/mol. The fraction of sp³-hybridized carbons (Fsp3) is 0.0769. The lowest BCUT2D eigenvalue weighted by Crippen LogP contribution is -2.05. The molecule has 0 aliphatic rings. The van der Waals surface area contributed by atoms with Crippen LogP contribution in [0.3, 0.4) is 0 Å². The summed E-state index contributed by atoms with van der Waals surface area (Å²) in [5.74, 6) is -1.65. The number of phenols is 1. The number of aromatic hydroxyl groups is 1. The molecular formula is C13H8F4O. The predicted octanol–water partition coefficient (Wildman–Crippen LogP) is 4.22. The van der Waals surface area contributed by atoms with Crippen LogP contribution < -0.4 is 0 Å². The van der Waals surface area contributed by atoms with Crippen LogP contribution in [0.15, 0.2) is 42.5 Å². The van der Waals surface area contributed by atoms with Gasteiger partial charge in [0.2, 0.25) is 0 Å². The molecule has 1 N–H and O–H groups in total. The van der Waals surface area contributed by atoms with Crippen molar-refractivity contribution in [2.75, 3.05) is 0 Å². The van der Waals surface area contributed by atoms with Gasteiger partial charge in [0.1, 0.15) is 11.6 Å². The Balaban J connectivity index is 2.64. The summed E-state index contributed by atoms with van der Waals surface area (Å²) >= 11 is 0. The molecule has 0 spiro atoms. The standard InChI is InChI=1S/C13H8F4O/c14-11-7-2-1-4-8(11)9-5-3-6-10(12(9)18)13(15,16)17/h1-7,18H. The Kier molecular flexibility index (Phi) is 2.98. The third-order valence-corrected chi connectivity index (χ3v) is 2.51. The second-order valence-electron chi connectivity index (χ2n) is 3.68. The molecule has 0 aliphatic carbocycles. The van der Waals surface area contributed by atoms with E-state index in [-0.39, 0.29) is 11.1 Å². The lowest BCUT2D eigenvalue weighted by atomic mass is 10.0. The number of halogens is 4. The quantitative estimate of drug-likeness (QED) is 0.757. The van der Waals surface area contributed by atoms with Gasteiger partial charge >= 0.3 is 6.18 Å². The topological polar surface area (TPSA) is 20.2 Å². The molecule has 5 heteroatoms. The van der Waals surface area contributed by atoms with Crippen molar-refractivity contribution in [3.8, 4) is 16.9 Å². The van der Waals surface area contributed by atoms with E-state index in [4.69, 9.17) is 0 Å². The highest BCUT2D eigenvalue weighted by Crippen LogP contribution is 2.41. The van der Waals surface area contributed by atoms with Gasteiger partial charge in [0, 0.05) is 11.1 Å². The van der Waals surface area contributed by atoms with Crippen molar-refractivity contribution in [1.29, 1.82) is 0 Å². The van der Waals surface area contributed by atoms with Crippen LogP contribution in [-0.2, 0) is 6.18 Å². The van der Waals surface area contributed by atoms with Gasteiger partial charge < -0.3 is 5.11 Å².